The maximum atomic E-state index is 12.8. The van der Waals surface area contributed by atoms with Crippen LogP contribution in [0, 0.1) is 6.92 Å². The molecule has 1 heterocycles. The predicted molar refractivity (Wildman–Crippen MR) is 153 cm³/mol. The van der Waals surface area contributed by atoms with Gasteiger partial charge in [0.05, 0.1) is 34.2 Å². The standard InChI is InChI=1S/C24H32Cl2N6O2.C2H4/c1-7-19(14-29-34-6)31-32(23-21(26)9-8-10-27-23)17(5)13-28-22-16(4)11-18(25)12-20(22)24(33)30-15(2)3;1-2/h8-12,14-15,17,28H,7,13H2,1-6H3,(H,30,33);1-2H2/b29-14+,31-19+;. The maximum Gasteiger partial charge on any atom is 0.253 e. The summed E-state index contributed by atoms with van der Waals surface area (Å²) in [6, 6.07) is 6.82. The number of carbonyl (C=O) groups is 1. The zero-order chi connectivity index (χ0) is 27.3. The summed E-state index contributed by atoms with van der Waals surface area (Å²) in [6.45, 7) is 16.1. The number of oxime groups is 1. The lowest BCUT2D eigenvalue weighted by Gasteiger charge is -2.28. The highest BCUT2D eigenvalue weighted by atomic mass is 35.5. The van der Waals surface area contributed by atoms with Crippen LogP contribution in [0.5, 0.6) is 0 Å². The van der Waals surface area contributed by atoms with Crippen molar-refractivity contribution in [2.75, 3.05) is 24.0 Å². The lowest BCUT2D eigenvalue weighted by Crippen LogP contribution is -2.37. The third kappa shape index (κ3) is 9.17. The number of halogens is 2. The fourth-order valence-electron chi connectivity index (χ4n) is 3.17. The van der Waals surface area contributed by atoms with E-state index in [1.165, 1.54) is 7.11 Å². The number of anilines is 2. The molecule has 1 aromatic carbocycles. The average molecular weight is 536 g/mol. The molecular weight excluding hydrogens is 499 g/mol. The van der Waals surface area contributed by atoms with E-state index >= 15 is 0 Å². The molecule has 0 aliphatic rings. The van der Waals surface area contributed by atoms with Gasteiger partial charge in [-0.1, -0.05) is 35.3 Å². The summed E-state index contributed by atoms with van der Waals surface area (Å²) in [7, 11) is 1.48. The van der Waals surface area contributed by atoms with Crippen molar-refractivity contribution < 1.29 is 9.63 Å². The molecular formula is C26H36Cl2N6O2. The Labute approximate surface area is 224 Å². The monoisotopic (exact) mass is 534 g/mol. The van der Waals surface area contributed by atoms with E-state index in [2.05, 4.69) is 33.9 Å². The first-order valence-electron chi connectivity index (χ1n) is 11.6. The number of nitrogens with zero attached hydrogens (tertiary/aromatic N) is 4. The molecule has 10 heteroatoms. The number of hydrazone groups is 1. The van der Waals surface area contributed by atoms with Crippen molar-refractivity contribution in [1.82, 2.24) is 10.3 Å². The van der Waals surface area contributed by atoms with Crippen LogP contribution in [0.25, 0.3) is 0 Å². The number of aryl methyl sites for hydroxylation is 1. The van der Waals surface area contributed by atoms with Crippen molar-refractivity contribution in [2.45, 2.75) is 53.1 Å². The van der Waals surface area contributed by atoms with Crippen LogP contribution in [0.4, 0.5) is 11.5 Å². The fraction of sp³-hybridized carbons (Fsp3) is 0.385. The van der Waals surface area contributed by atoms with Crippen molar-refractivity contribution in [3.8, 4) is 0 Å². The number of pyridine rings is 1. The van der Waals surface area contributed by atoms with Crippen molar-refractivity contribution in [1.29, 1.82) is 0 Å². The van der Waals surface area contributed by atoms with Gasteiger partial charge in [0.15, 0.2) is 5.82 Å². The Morgan fingerprint density at radius 2 is 1.97 bits per heavy atom. The van der Waals surface area contributed by atoms with Gasteiger partial charge in [0.1, 0.15) is 7.11 Å². The van der Waals surface area contributed by atoms with E-state index in [1.54, 1.807) is 35.6 Å². The molecule has 0 spiro atoms. The third-order valence-corrected chi connectivity index (χ3v) is 5.33. The average Bonchev–Trinajstić information content (AvgIpc) is 2.84. The Morgan fingerprint density at radius 3 is 2.56 bits per heavy atom. The second-order valence-corrected chi connectivity index (χ2v) is 8.86. The first-order valence-corrected chi connectivity index (χ1v) is 12.3. The number of amides is 1. The molecule has 1 aromatic heterocycles. The van der Waals surface area contributed by atoms with Crippen molar-refractivity contribution in [2.24, 2.45) is 10.3 Å². The second kappa shape index (κ2) is 15.8. The summed E-state index contributed by atoms with van der Waals surface area (Å²) >= 11 is 12.7. The number of benzene rings is 1. The highest BCUT2D eigenvalue weighted by Gasteiger charge is 2.21. The van der Waals surface area contributed by atoms with Gasteiger partial charge < -0.3 is 15.5 Å². The largest absolute Gasteiger partial charge is 0.399 e. The molecule has 2 aromatic rings. The van der Waals surface area contributed by atoms with Crippen LogP contribution in [-0.4, -0.2) is 48.6 Å². The Bertz CT molecular complexity index is 1060. The molecule has 8 nitrogen and oxygen atoms in total. The van der Waals surface area contributed by atoms with E-state index in [0.717, 1.165) is 5.56 Å². The number of aromatic nitrogens is 1. The summed E-state index contributed by atoms with van der Waals surface area (Å²) in [5.74, 6) is 0.322. The molecule has 1 amide bonds. The minimum Gasteiger partial charge on any atom is -0.399 e. The minimum absolute atomic E-state index is 0.00378. The summed E-state index contributed by atoms with van der Waals surface area (Å²) in [4.78, 5) is 22.0. The molecule has 0 fully saturated rings. The van der Waals surface area contributed by atoms with E-state index in [4.69, 9.17) is 33.1 Å². The van der Waals surface area contributed by atoms with Gasteiger partial charge in [-0.3, -0.25) is 4.79 Å². The van der Waals surface area contributed by atoms with E-state index in [-0.39, 0.29) is 18.0 Å². The quantitative estimate of drug-likeness (QED) is 0.199. The number of hydrogen-bond acceptors (Lipinski definition) is 7. The Morgan fingerprint density at radius 1 is 1.28 bits per heavy atom. The molecule has 2 rings (SSSR count). The molecule has 0 aliphatic heterocycles. The summed E-state index contributed by atoms with van der Waals surface area (Å²) in [5.41, 5.74) is 2.75. The van der Waals surface area contributed by atoms with Gasteiger partial charge in [0.2, 0.25) is 0 Å². The topological polar surface area (TPSA) is 91.2 Å². The molecule has 36 heavy (non-hydrogen) atoms. The van der Waals surface area contributed by atoms with Crippen LogP contribution >= 0.6 is 23.2 Å². The smallest absolute Gasteiger partial charge is 0.253 e. The second-order valence-electron chi connectivity index (χ2n) is 8.02. The third-order valence-electron chi connectivity index (χ3n) is 4.82. The summed E-state index contributed by atoms with van der Waals surface area (Å²) in [5, 5.41) is 17.6. The lowest BCUT2D eigenvalue weighted by molar-refractivity contribution is 0.0944. The number of hydrogen-bond donors (Lipinski definition) is 2. The molecule has 1 atom stereocenters. The van der Waals surface area contributed by atoms with Crippen LogP contribution in [0.3, 0.4) is 0 Å². The molecule has 0 saturated heterocycles. The molecule has 0 radical (unpaired) electrons. The minimum atomic E-state index is -0.194. The van der Waals surface area contributed by atoms with Crippen molar-refractivity contribution in [3.63, 3.8) is 0 Å². The molecule has 0 aliphatic carbocycles. The van der Waals surface area contributed by atoms with Gasteiger partial charge in [0, 0.05) is 23.8 Å². The fourth-order valence-corrected chi connectivity index (χ4v) is 3.65. The van der Waals surface area contributed by atoms with Crippen LogP contribution in [0.15, 0.2) is 53.9 Å². The van der Waals surface area contributed by atoms with Crippen molar-refractivity contribution in [3.05, 3.63) is 64.8 Å². The van der Waals surface area contributed by atoms with E-state index in [9.17, 15) is 4.79 Å². The van der Waals surface area contributed by atoms with Gasteiger partial charge >= 0.3 is 0 Å². The predicted octanol–water partition coefficient (Wildman–Crippen LogP) is 6.34. The van der Waals surface area contributed by atoms with Crippen LogP contribution in [-0.2, 0) is 4.84 Å². The lowest BCUT2D eigenvalue weighted by atomic mass is 10.1. The first-order chi connectivity index (χ1) is 17.2. The van der Waals surface area contributed by atoms with Crippen LogP contribution in [0.2, 0.25) is 10.0 Å². The summed E-state index contributed by atoms with van der Waals surface area (Å²) in [6.07, 6.45) is 3.85. The van der Waals surface area contributed by atoms with Crippen LogP contribution in [0.1, 0.15) is 50.0 Å². The zero-order valence-corrected chi connectivity index (χ0v) is 23.3. The number of nitrogens with one attached hydrogen (secondary N) is 2. The highest BCUT2D eigenvalue weighted by Crippen LogP contribution is 2.28. The van der Waals surface area contributed by atoms with Gasteiger partial charge in [-0.25, -0.2) is 9.99 Å². The van der Waals surface area contributed by atoms with E-state index < -0.39 is 0 Å². The van der Waals surface area contributed by atoms with Crippen LogP contribution < -0.4 is 15.6 Å². The Balaban J connectivity index is 0.00000316. The maximum absolute atomic E-state index is 12.8. The van der Waals surface area contributed by atoms with Gasteiger partial charge in [-0.05, 0) is 63.9 Å². The normalized spacial score (nSPS) is 12.1. The van der Waals surface area contributed by atoms with Gasteiger partial charge in [-0.2, -0.15) is 5.10 Å². The van der Waals surface area contributed by atoms with E-state index in [1.807, 2.05) is 40.7 Å². The molecule has 2 N–H and O–H groups in total. The number of carbonyl (C=O) groups excluding carboxylic acids is 1. The molecule has 1 unspecified atom stereocenters. The Hall–Kier alpha value is -3.10. The molecule has 0 saturated carbocycles. The van der Waals surface area contributed by atoms with Gasteiger partial charge in [0.25, 0.3) is 5.91 Å². The highest BCUT2D eigenvalue weighted by molar-refractivity contribution is 6.33. The van der Waals surface area contributed by atoms with Crippen molar-refractivity contribution >= 4 is 52.5 Å². The zero-order valence-electron chi connectivity index (χ0n) is 21.8. The molecule has 196 valence electrons. The van der Waals surface area contributed by atoms with Gasteiger partial charge in [-0.15, -0.1) is 13.2 Å². The number of rotatable bonds is 11. The SMILES string of the molecule is C=C.CCC(/C=N/OC)=N\N(c1ncccc1Cl)C(C)CNc1c(C)cc(Cl)cc1C(=O)NC(C)C. The molecule has 0 bridgehead atoms. The Kier molecular flexibility index (Phi) is 13.6. The summed E-state index contributed by atoms with van der Waals surface area (Å²) < 4.78 is 0. The van der Waals surface area contributed by atoms with E-state index in [0.29, 0.717) is 45.8 Å². The first kappa shape index (κ1) is 30.9.